The highest BCUT2D eigenvalue weighted by Crippen LogP contribution is 2.44. The molecule has 1 aromatic heterocycles. The summed E-state index contributed by atoms with van der Waals surface area (Å²) in [5, 5.41) is 15.0. The van der Waals surface area contributed by atoms with Crippen LogP contribution in [0.2, 0.25) is 0 Å². The second kappa shape index (κ2) is 13.1. The van der Waals surface area contributed by atoms with Gasteiger partial charge in [-0.25, -0.2) is 4.79 Å². The van der Waals surface area contributed by atoms with E-state index in [1.54, 1.807) is 19.1 Å². The molecule has 212 valence electrons. The number of nitro groups is 1. The van der Waals surface area contributed by atoms with Crippen molar-refractivity contribution in [1.82, 2.24) is 5.16 Å². The summed E-state index contributed by atoms with van der Waals surface area (Å²) in [6, 6.07) is 29.7. The van der Waals surface area contributed by atoms with Gasteiger partial charge in [0.15, 0.2) is 11.5 Å². The van der Waals surface area contributed by atoms with Crippen LogP contribution < -0.4 is 14.2 Å². The zero-order valence-corrected chi connectivity index (χ0v) is 22.6. The van der Waals surface area contributed by atoms with Gasteiger partial charge in [-0.05, 0) is 30.2 Å². The number of nitro benzene ring substituents is 1. The summed E-state index contributed by atoms with van der Waals surface area (Å²) in [6.07, 6.45) is 0. The molecule has 0 spiro atoms. The van der Waals surface area contributed by atoms with Gasteiger partial charge in [-0.1, -0.05) is 65.8 Å². The van der Waals surface area contributed by atoms with Crippen molar-refractivity contribution in [2.45, 2.75) is 20.1 Å². The van der Waals surface area contributed by atoms with Crippen LogP contribution in [0.3, 0.4) is 0 Å². The molecule has 0 radical (unpaired) electrons. The van der Waals surface area contributed by atoms with Crippen LogP contribution in [-0.4, -0.2) is 22.7 Å². The zero-order valence-electron chi connectivity index (χ0n) is 22.6. The van der Waals surface area contributed by atoms with Gasteiger partial charge in [-0.15, -0.1) is 0 Å². The molecule has 4 aromatic carbocycles. The van der Waals surface area contributed by atoms with E-state index in [1.165, 1.54) is 30.3 Å². The molecule has 5 aromatic rings. The van der Waals surface area contributed by atoms with Crippen LogP contribution in [0.25, 0.3) is 11.3 Å². The summed E-state index contributed by atoms with van der Waals surface area (Å²) in [7, 11) is 0. The number of hydrogen-bond donors (Lipinski definition) is 0. The van der Waals surface area contributed by atoms with E-state index in [0.29, 0.717) is 22.8 Å². The number of hydrogen-bond acceptors (Lipinski definition) is 9. The van der Waals surface area contributed by atoms with E-state index in [1.807, 2.05) is 60.7 Å². The first kappa shape index (κ1) is 27.9. The van der Waals surface area contributed by atoms with Crippen LogP contribution >= 0.6 is 0 Å². The molecule has 0 aliphatic heterocycles. The highest BCUT2D eigenvalue weighted by atomic mass is 16.6. The zero-order chi connectivity index (χ0) is 29.3. The van der Waals surface area contributed by atoms with Crippen LogP contribution in [0.5, 0.6) is 23.0 Å². The molecule has 0 N–H and O–H groups in total. The van der Waals surface area contributed by atoms with E-state index in [9.17, 15) is 14.9 Å². The standard InChI is InChI=1S/C32H26N2O8/c1-2-38-32(35)27-19-30(42-33-27)31-28(40-21-23-11-7-4-8-12-23)17-26(39-20-22-9-5-3-6-10-22)18-29(31)41-25-15-13-24(14-16-25)34(36)37/h3-19H,2,20-21H2,1H3. The lowest BCUT2D eigenvalue weighted by Crippen LogP contribution is -2.04. The summed E-state index contributed by atoms with van der Waals surface area (Å²) >= 11 is 0. The normalized spacial score (nSPS) is 10.6. The smallest absolute Gasteiger partial charge is 0.360 e. The number of rotatable bonds is 12. The van der Waals surface area contributed by atoms with Crippen LogP contribution in [0, 0.1) is 10.1 Å². The van der Waals surface area contributed by atoms with E-state index in [-0.39, 0.29) is 42.7 Å². The van der Waals surface area contributed by atoms with Gasteiger partial charge in [0, 0.05) is 30.3 Å². The minimum atomic E-state index is -0.639. The maximum absolute atomic E-state index is 12.3. The summed E-state index contributed by atoms with van der Waals surface area (Å²) in [6.45, 7) is 2.36. The maximum atomic E-state index is 12.3. The number of aromatic nitrogens is 1. The third-order valence-electron chi connectivity index (χ3n) is 6.04. The second-order valence-electron chi connectivity index (χ2n) is 8.99. The Morgan fingerprint density at radius 2 is 1.43 bits per heavy atom. The van der Waals surface area contributed by atoms with E-state index in [2.05, 4.69) is 5.16 Å². The quantitative estimate of drug-likeness (QED) is 0.0864. The molecule has 1 heterocycles. The molecule has 0 aliphatic rings. The van der Waals surface area contributed by atoms with Gasteiger partial charge in [0.25, 0.3) is 5.69 Å². The van der Waals surface area contributed by atoms with Gasteiger partial charge in [0.2, 0.25) is 0 Å². The molecule has 0 amide bonds. The minimum Gasteiger partial charge on any atom is -0.489 e. The average molecular weight is 567 g/mol. The number of esters is 1. The second-order valence-corrected chi connectivity index (χ2v) is 8.99. The first-order chi connectivity index (χ1) is 20.5. The molecular weight excluding hydrogens is 540 g/mol. The Morgan fingerprint density at radius 1 is 0.810 bits per heavy atom. The van der Waals surface area contributed by atoms with Crippen LogP contribution in [0.15, 0.2) is 108 Å². The molecule has 0 saturated carbocycles. The maximum Gasteiger partial charge on any atom is 0.360 e. The van der Waals surface area contributed by atoms with Crippen molar-refractivity contribution in [3.8, 4) is 34.3 Å². The molecule has 0 unspecified atom stereocenters. The lowest BCUT2D eigenvalue weighted by atomic mass is 10.1. The first-order valence-electron chi connectivity index (χ1n) is 13.1. The molecule has 0 fully saturated rings. The highest BCUT2D eigenvalue weighted by molar-refractivity contribution is 5.89. The Bertz CT molecular complexity index is 1650. The van der Waals surface area contributed by atoms with Crippen molar-refractivity contribution in [3.05, 3.63) is 130 Å². The number of non-ortho nitro benzene ring substituents is 1. The fraction of sp³-hybridized carbons (Fsp3) is 0.125. The summed E-state index contributed by atoms with van der Waals surface area (Å²) < 4.78 is 29.2. The number of ether oxygens (including phenoxy) is 4. The number of nitrogens with zero attached hydrogens (tertiary/aromatic N) is 2. The SMILES string of the molecule is CCOC(=O)c1cc(-c2c(OCc3ccccc3)cc(OCc3ccccc3)cc2Oc2ccc([N+](=O)[O-])cc2)on1. The third-order valence-corrected chi connectivity index (χ3v) is 6.04. The summed E-state index contributed by atoms with van der Waals surface area (Å²) in [5.74, 6) is 0.901. The Kier molecular flexibility index (Phi) is 8.73. The van der Waals surface area contributed by atoms with Gasteiger partial charge < -0.3 is 23.5 Å². The summed E-state index contributed by atoms with van der Waals surface area (Å²) in [5.41, 5.74) is 2.14. The Balaban J connectivity index is 1.58. The Labute approximate surface area is 241 Å². The molecule has 10 nitrogen and oxygen atoms in total. The van der Waals surface area contributed by atoms with Gasteiger partial charge in [-0.3, -0.25) is 10.1 Å². The Hall–Kier alpha value is -5.64. The van der Waals surface area contributed by atoms with E-state index >= 15 is 0 Å². The minimum absolute atomic E-state index is 0.0217. The molecule has 10 heteroatoms. The largest absolute Gasteiger partial charge is 0.489 e. The van der Waals surface area contributed by atoms with Crippen molar-refractivity contribution < 1.29 is 33.2 Å². The molecule has 0 aliphatic carbocycles. The third kappa shape index (κ3) is 6.92. The molecule has 0 bridgehead atoms. The van der Waals surface area contributed by atoms with E-state index in [0.717, 1.165) is 11.1 Å². The average Bonchev–Trinajstić information content (AvgIpc) is 3.50. The summed E-state index contributed by atoms with van der Waals surface area (Å²) in [4.78, 5) is 23.0. The fourth-order valence-electron chi connectivity index (χ4n) is 4.02. The predicted molar refractivity (Wildman–Crippen MR) is 153 cm³/mol. The van der Waals surface area contributed by atoms with E-state index < -0.39 is 10.9 Å². The molecule has 0 saturated heterocycles. The fourth-order valence-corrected chi connectivity index (χ4v) is 4.02. The van der Waals surface area contributed by atoms with Crippen LogP contribution in [0.1, 0.15) is 28.5 Å². The number of carbonyl (C=O) groups is 1. The first-order valence-corrected chi connectivity index (χ1v) is 13.1. The van der Waals surface area contributed by atoms with Gasteiger partial charge >= 0.3 is 5.97 Å². The van der Waals surface area contributed by atoms with Crippen molar-refractivity contribution in [3.63, 3.8) is 0 Å². The van der Waals surface area contributed by atoms with Crippen molar-refractivity contribution in [2.24, 2.45) is 0 Å². The lowest BCUT2D eigenvalue weighted by molar-refractivity contribution is -0.384. The van der Waals surface area contributed by atoms with Crippen LogP contribution in [0.4, 0.5) is 5.69 Å². The van der Waals surface area contributed by atoms with Crippen LogP contribution in [-0.2, 0) is 18.0 Å². The highest BCUT2D eigenvalue weighted by Gasteiger charge is 2.24. The van der Waals surface area contributed by atoms with E-state index in [4.69, 9.17) is 23.5 Å². The van der Waals surface area contributed by atoms with Gasteiger partial charge in [-0.2, -0.15) is 0 Å². The van der Waals surface area contributed by atoms with Gasteiger partial charge in [0.1, 0.15) is 41.8 Å². The number of carbonyl (C=O) groups excluding carboxylic acids is 1. The molecule has 0 atom stereocenters. The topological polar surface area (TPSA) is 123 Å². The van der Waals surface area contributed by atoms with Crippen molar-refractivity contribution in [1.29, 1.82) is 0 Å². The Morgan fingerprint density at radius 3 is 2.05 bits per heavy atom. The van der Waals surface area contributed by atoms with Crippen molar-refractivity contribution in [2.75, 3.05) is 6.61 Å². The molecule has 42 heavy (non-hydrogen) atoms. The molecule has 5 rings (SSSR count). The van der Waals surface area contributed by atoms with Gasteiger partial charge in [0.05, 0.1) is 11.5 Å². The number of benzene rings is 4. The monoisotopic (exact) mass is 566 g/mol. The lowest BCUT2D eigenvalue weighted by Gasteiger charge is -2.17. The predicted octanol–water partition coefficient (Wildman–Crippen LogP) is 7.38. The molecular formula is C32H26N2O8. The van der Waals surface area contributed by atoms with Crippen molar-refractivity contribution >= 4 is 11.7 Å².